The largest absolute Gasteiger partial charge is 0.497 e. The first-order valence-electron chi connectivity index (χ1n) is 11.5. The zero-order valence-electron chi connectivity index (χ0n) is 19.5. The molecule has 5 rings (SSSR count). The zero-order valence-corrected chi connectivity index (χ0v) is 19.5. The van der Waals surface area contributed by atoms with Crippen LogP contribution in [0.15, 0.2) is 84.9 Å². The zero-order chi connectivity index (χ0) is 24.6. The minimum Gasteiger partial charge on any atom is -0.497 e. The first kappa shape index (κ1) is 22.8. The third kappa shape index (κ3) is 3.68. The molecule has 35 heavy (non-hydrogen) atoms. The number of nitrogens with one attached hydrogen (secondary N) is 1. The van der Waals surface area contributed by atoms with E-state index in [-0.39, 0.29) is 12.3 Å². The van der Waals surface area contributed by atoms with Gasteiger partial charge in [0.1, 0.15) is 11.3 Å². The molecular weight excluding hydrogens is 444 g/mol. The lowest BCUT2D eigenvalue weighted by molar-refractivity contribution is -0.152. The van der Waals surface area contributed by atoms with Gasteiger partial charge in [-0.3, -0.25) is 19.7 Å². The molecule has 4 atom stereocenters. The summed E-state index contributed by atoms with van der Waals surface area (Å²) in [4.78, 5) is 42.5. The van der Waals surface area contributed by atoms with Gasteiger partial charge >= 0.3 is 5.97 Å². The predicted octanol–water partition coefficient (Wildman–Crippen LogP) is 3.30. The molecule has 0 radical (unpaired) electrons. The van der Waals surface area contributed by atoms with E-state index in [4.69, 9.17) is 9.47 Å². The van der Waals surface area contributed by atoms with Crippen molar-refractivity contribution < 1.29 is 23.9 Å². The maximum Gasteiger partial charge on any atom is 0.327 e. The Morgan fingerprint density at radius 1 is 0.886 bits per heavy atom. The number of esters is 1. The molecule has 2 amide bonds. The Morgan fingerprint density at radius 2 is 1.51 bits per heavy atom. The average Bonchev–Trinajstić information content (AvgIpc) is 3.38. The van der Waals surface area contributed by atoms with E-state index in [1.165, 1.54) is 12.0 Å². The summed E-state index contributed by atoms with van der Waals surface area (Å²) in [5.74, 6) is -2.35. The molecule has 2 saturated heterocycles. The van der Waals surface area contributed by atoms with Crippen LogP contribution in [-0.4, -0.2) is 37.5 Å². The molecule has 0 aliphatic carbocycles. The van der Waals surface area contributed by atoms with Gasteiger partial charge in [-0.25, -0.2) is 4.90 Å². The van der Waals surface area contributed by atoms with E-state index < -0.39 is 35.3 Å². The van der Waals surface area contributed by atoms with Gasteiger partial charge in [-0.05, 0) is 35.4 Å². The molecule has 4 unspecified atom stereocenters. The molecule has 0 aromatic heterocycles. The third-order valence-electron chi connectivity index (χ3n) is 7.02. The number of hydrogen-bond donors (Lipinski definition) is 1. The standard InChI is InChI=1S/C28H26N2O5/c1-34-21-15-13-19(14-16-21)24-22-23(26(32)30(25(22)31)20-11-7-4-8-12-20)28(29-24,27(33)35-2)17-18-9-5-3-6-10-18/h3-16,22-24,29H,17H2,1-2H3. The summed E-state index contributed by atoms with van der Waals surface area (Å²) >= 11 is 0. The summed E-state index contributed by atoms with van der Waals surface area (Å²) in [6.07, 6.45) is 0.204. The summed E-state index contributed by atoms with van der Waals surface area (Å²) in [7, 11) is 2.89. The van der Waals surface area contributed by atoms with Crippen molar-refractivity contribution in [1.82, 2.24) is 5.32 Å². The van der Waals surface area contributed by atoms with Gasteiger partial charge in [0, 0.05) is 12.5 Å². The van der Waals surface area contributed by atoms with Gasteiger partial charge in [0.2, 0.25) is 11.8 Å². The maximum absolute atomic E-state index is 13.9. The number of hydrogen-bond acceptors (Lipinski definition) is 6. The second-order valence-corrected chi connectivity index (χ2v) is 8.87. The SMILES string of the molecule is COC(=O)C1(Cc2ccccc2)NC(c2ccc(OC)cc2)C2C(=O)N(c3ccccc3)C(=O)C21. The smallest absolute Gasteiger partial charge is 0.327 e. The quantitative estimate of drug-likeness (QED) is 0.440. The molecule has 7 heteroatoms. The number of anilines is 1. The Bertz CT molecular complexity index is 1250. The van der Waals surface area contributed by atoms with Gasteiger partial charge in [0.05, 0.1) is 31.7 Å². The predicted molar refractivity (Wildman–Crippen MR) is 130 cm³/mol. The number of fused-ring (bicyclic) bond motifs is 1. The lowest BCUT2D eigenvalue weighted by Crippen LogP contribution is -2.57. The molecule has 0 spiro atoms. The number of carbonyl (C=O) groups excluding carboxylic acids is 3. The Kier molecular flexibility index (Phi) is 5.86. The number of methoxy groups -OCH3 is 2. The van der Waals surface area contributed by atoms with Gasteiger partial charge in [0.15, 0.2) is 0 Å². The minimum absolute atomic E-state index is 0.204. The van der Waals surface area contributed by atoms with Gasteiger partial charge in [-0.1, -0.05) is 60.7 Å². The van der Waals surface area contributed by atoms with Crippen molar-refractivity contribution in [2.24, 2.45) is 11.8 Å². The number of carbonyl (C=O) groups is 3. The van der Waals surface area contributed by atoms with Gasteiger partial charge < -0.3 is 9.47 Å². The maximum atomic E-state index is 13.9. The lowest BCUT2D eigenvalue weighted by Gasteiger charge is -2.32. The molecule has 2 fully saturated rings. The Balaban J connectivity index is 1.66. The topological polar surface area (TPSA) is 84.9 Å². The number of benzene rings is 3. The highest BCUT2D eigenvalue weighted by Gasteiger charge is 2.68. The van der Waals surface area contributed by atoms with Gasteiger partial charge in [0.25, 0.3) is 0 Å². The van der Waals surface area contributed by atoms with E-state index in [9.17, 15) is 14.4 Å². The second-order valence-electron chi connectivity index (χ2n) is 8.87. The lowest BCUT2D eigenvalue weighted by atomic mass is 9.76. The molecule has 3 aromatic carbocycles. The number of amides is 2. The molecule has 0 bridgehead atoms. The summed E-state index contributed by atoms with van der Waals surface area (Å²) in [5, 5.41) is 3.41. The van der Waals surface area contributed by atoms with Crippen LogP contribution in [0.4, 0.5) is 5.69 Å². The molecule has 0 saturated carbocycles. The van der Waals surface area contributed by atoms with E-state index in [1.807, 2.05) is 48.5 Å². The number of nitrogens with zero attached hydrogens (tertiary/aromatic N) is 1. The highest BCUT2D eigenvalue weighted by molar-refractivity contribution is 6.24. The van der Waals surface area contributed by atoms with E-state index in [0.717, 1.165) is 11.1 Å². The fraction of sp³-hybridized carbons (Fsp3) is 0.250. The third-order valence-corrected chi connectivity index (χ3v) is 7.02. The number of imide groups is 1. The van der Waals surface area contributed by atoms with Crippen molar-refractivity contribution in [3.8, 4) is 5.75 Å². The Morgan fingerprint density at radius 3 is 2.11 bits per heavy atom. The fourth-order valence-electron chi connectivity index (χ4n) is 5.45. The molecule has 2 aliphatic heterocycles. The molecule has 3 aromatic rings. The number of ether oxygens (including phenoxy) is 2. The van der Waals surface area contributed by atoms with Crippen molar-refractivity contribution in [3.63, 3.8) is 0 Å². The first-order valence-corrected chi connectivity index (χ1v) is 11.5. The summed E-state index contributed by atoms with van der Waals surface area (Å²) in [6, 6.07) is 25.0. The summed E-state index contributed by atoms with van der Waals surface area (Å²) in [5.41, 5.74) is 0.722. The number of para-hydroxylation sites is 1. The molecule has 2 aliphatic rings. The van der Waals surface area contributed by atoms with E-state index in [1.54, 1.807) is 43.5 Å². The molecule has 7 nitrogen and oxygen atoms in total. The van der Waals surface area contributed by atoms with Crippen LogP contribution in [0, 0.1) is 11.8 Å². The van der Waals surface area contributed by atoms with Crippen LogP contribution in [0.1, 0.15) is 17.2 Å². The summed E-state index contributed by atoms with van der Waals surface area (Å²) < 4.78 is 10.5. The molecule has 178 valence electrons. The monoisotopic (exact) mass is 470 g/mol. The normalized spacial score (nSPS) is 25.4. The van der Waals surface area contributed by atoms with Crippen molar-refractivity contribution in [2.45, 2.75) is 18.0 Å². The van der Waals surface area contributed by atoms with Crippen molar-refractivity contribution in [2.75, 3.05) is 19.1 Å². The van der Waals surface area contributed by atoms with Crippen LogP contribution in [0.25, 0.3) is 0 Å². The Hall–Kier alpha value is -3.97. The van der Waals surface area contributed by atoms with Crippen LogP contribution >= 0.6 is 0 Å². The number of rotatable bonds is 6. The molecule has 2 heterocycles. The fourth-order valence-corrected chi connectivity index (χ4v) is 5.45. The van der Waals surface area contributed by atoms with Crippen molar-refractivity contribution in [1.29, 1.82) is 0 Å². The van der Waals surface area contributed by atoms with E-state index >= 15 is 0 Å². The van der Waals surface area contributed by atoms with Crippen molar-refractivity contribution >= 4 is 23.5 Å². The van der Waals surface area contributed by atoms with E-state index in [2.05, 4.69) is 5.32 Å². The van der Waals surface area contributed by atoms with Crippen molar-refractivity contribution in [3.05, 3.63) is 96.1 Å². The van der Waals surface area contributed by atoms with Gasteiger partial charge in [-0.2, -0.15) is 0 Å². The van der Waals surface area contributed by atoms with Crippen LogP contribution in [-0.2, 0) is 25.5 Å². The molecule has 1 N–H and O–H groups in total. The highest BCUT2D eigenvalue weighted by atomic mass is 16.5. The van der Waals surface area contributed by atoms with Crippen LogP contribution < -0.4 is 15.0 Å². The average molecular weight is 471 g/mol. The van der Waals surface area contributed by atoms with Crippen LogP contribution in [0.2, 0.25) is 0 Å². The molecular formula is C28H26N2O5. The minimum atomic E-state index is -1.42. The summed E-state index contributed by atoms with van der Waals surface area (Å²) in [6.45, 7) is 0. The Labute approximate surface area is 203 Å². The van der Waals surface area contributed by atoms with Gasteiger partial charge in [-0.15, -0.1) is 0 Å². The van der Waals surface area contributed by atoms with E-state index in [0.29, 0.717) is 11.4 Å². The van der Waals surface area contributed by atoms with Crippen LogP contribution in [0.3, 0.4) is 0 Å². The first-order chi connectivity index (χ1) is 17.0. The highest BCUT2D eigenvalue weighted by Crippen LogP contribution is 2.51. The second kappa shape index (κ2) is 9.00. The van der Waals surface area contributed by atoms with Crippen LogP contribution in [0.5, 0.6) is 5.75 Å².